The van der Waals surface area contributed by atoms with Crippen LogP contribution in [0.5, 0.6) is 0 Å². The van der Waals surface area contributed by atoms with Gasteiger partial charge in [-0.3, -0.25) is 24.5 Å². The standard InChI is InChI=1S/C30H37NO7/c1-17(32)37-20-11-13-29(3)19(15-20)9-10-21-24(29)12-14-30(4)25(21)16-23(28(30)34)27(38-18(2)33)22-7-5-6-8-26(22)31(35)36/h5-9,20-21,23-25,27H,10-16H2,1-4H3/t20-,21+,23?,24-,25-,27?,29-,30-/m0/s1. The molecule has 0 bridgehead atoms. The highest BCUT2D eigenvalue weighted by Gasteiger charge is 2.62. The van der Waals surface area contributed by atoms with Gasteiger partial charge in [0.1, 0.15) is 18.0 Å². The molecular weight excluding hydrogens is 486 g/mol. The molecule has 38 heavy (non-hydrogen) atoms. The summed E-state index contributed by atoms with van der Waals surface area (Å²) in [5.41, 5.74) is 0.983. The second kappa shape index (κ2) is 9.62. The number of allylic oxidation sites excluding steroid dienone is 1. The van der Waals surface area contributed by atoms with Crippen molar-refractivity contribution in [2.45, 2.75) is 84.8 Å². The minimum absolute atomic E-state index is 0.00946. The molecule has 5 rings (SSSR count). The second-order valence-electron chi connectivity index (χ2n) is 12.2. The predicted octanol–water partition coefficient (Wildman–Crippen LogP) is 5.89. The third kappa shape index (κ3) is 4.26. The Balaban J connectivity index is 1.46. The van der Waals surface area contributed by atoms with Gasteiger partial charge < -0.3 is 9.47 Å². The maximum absolute atomic E-state index is 14.1. The van der Waals surface area contributed by atoms with Gasteiger partial charge in [0.25, 0.3) is 5.69 Å². The zero-order chi connectivity index (χ0) is 27.4. The fraction of sp³-hybridized carbons (Fsp3) is 0.633. The van der Waals surface area contributed by atoms with E-state index in [1.165, 1.54) is 25.5 Å². The first-order valence-electron chi connectivity index (χ1n) is 13.8. The molecule has 8 atom stereocenters. The lowest BCUT2D eigenvalue weighted by Gasteiger charge is -2.56. The lowest BCUT2D eigenvalue weighted by atomic mass is 9.48. The number of hydrogen-bond acceptors (Lipinski definition) is 7. The number of rotatable bonds is 5. The average molecular weight is 524 g/mol. The number of Topliss-reactive ketones (excluding diaryl/α,β-unsaturated/α-hetero) is 1. The Kier molecular flexibility index (Phi) is 6.72. The molecule has 1 aromatic carbocycles. The van der Waals surface area contributed by atoms with Gasteiger partial charge in [-0.1, -0.05) is 37.6 Å². The molecule has 3 saturated carbocycles. The Labute approximate surface area is 223 Å². The molecule has 2 unspecified atom stereocenters. The number of ketones is 1. The minimum atomic E-state index is -0.980. The molecule has 8 heteroatoms. The number of esters is 2. The molecule has 0 N–H and O–H groups in total. The van der Waals surface area contributed by atoms with E-state index in [-0.39, 0.29) is 40.4 Å². The SMILES string of the molecule is CC(=O)OC(c1ccccc1[N+](=O)[O-])C1C[C@H]2[C@@H]3CC=C4C[C@@H](OC(C)=O)CC[C@]4(C)[C@H]3CC[C@]2(C)C1=O. The lowest BCUT2D eigenvalue weighted by molar-refractivity contribution is -0.386. The van der Waals surface area contributed by atoms with Crippen LogP contribution in [0.2, 0.25) is 0 Å². The average Bonchev–Trinajstić information content (AvgIpc) is 3.13. The van der Waals surface area contributed by atoms with Crippen molar-refractivity contribution < 1.29 is 28.8 Å². The van der Waals surface area contributed by atoms with Gasteiger partial charge in [0.2, 0.25) is 0 Å². The number of nitro groups is 1. The van der Waals surface area contributed by atoms with E-state index in [0.29, 0.717) is 18.3 Å². The predicted molar refractivity (Wildman–Crippen MR) is 139 cm³/mol. The molecule has 0 radical (unpaired) electrons. The molecule has 0 aliphatic heterocycles. The molecule has 0 heterocycles. The van der Waals surface area contributed by atoms with Gasteiger partial charge in [-0.05, 0) is 67.8 Å². The van der Waals surface area contributed by atoms with Crippen LogP contribution in [-0.2, 0) is 23.9 Å². The third-order valence-electron chi connectivity index (χ3n) is 10.3. The third-order valence-corrected chi connectivity index (χ3v) is 10.3. The van der Waals surface area contributed by atoms with Crippen LogP contribution in [0.1, 0.15) is 84.3 Å². The Morgan fingerprint density at radius 3 is 2.45 bits per heavy atom. The summed E-state index contributed by atoms with van der Waals surface area (Å²) in [7, 11) is 0. The van der Waals surface area contributed by atoms with Crippen molar-refractivity contribution in [3.05, 3.63) is 51.6 Å². The highest BCUT2D eigenvalue weighted by atomic mass is 16.6. The van der Waals surface area contributed by atoms with Gasteiger partial charge in [0, 0.05) is 31.7 Å². The van der Waals surface area contributed by atoms with Gasteiger partial charge in [-0.25, -0.2) is 0 Å². The zero-order valence-electron chi connectivity index (χ0n) is 22.6. The number of carbonyl (C=O) groups is 3. The van der Waals surface area contributed by atoms with Crippen molar-refractivity contribution in [2.75, 3.05) is 0 Å². The van der Waals surface area contributed by atoms with E-state index in [0.717, 1.165) is 38.5 Å². The lowest BCUT2D eigenvalue weighted by Crippen LogP contribution is -2.50. The molecule has 204 valence electrons. The Hall–Kier alpha value is -3.03. The summed E-state index contributed by atoms with van der Waals surface area (Å²) in [5.74, 6) is -0.510. The van der Waals surface area contributed by atoms with E-state index in [1.54, 1.807) is 18.2 Å². The van der Waals surface area contributed by atoms with Gasteiger partial charge in [0.05, 0.1) is 16.4 Å². The Bertz CT molecular complexity index is 1210. The van der Waals surface area contributed by atoms with Crippen LogP contribution in [0.25, 0.3) is 0 Å². The maximum Gasteiger partial charge on any atom is 0.303 e. The topological polar surface area (TPSA) is 113 Å². The van der Waals surface area contributed by atoms with Crippen molar-refractivity contribution in [2.24, 2.45) is 34.5 Å². The molecule has 4 aliphatic rings. The van der Waals surface area contributed by atoms with Crippen LogP contribution in [-0.4, -0.2) is 28.7 Å². The van der Waals surface area contributed by atoms with E-state index in [2.05, 4.69) is 19.9 Å². The number of nitrogens with zero attached hydrogens (tertiary/aromatic N) is 1. The Morgan fingerprint density at radius 2 is 1.76 bits per heavy atom. The van der Waals surface area contributed by atoms with Crippen LogP contribution < -0.4 is 0 Å². The van der Waals surface area contributed by atoms with Crippen molar-refractivity contribution in [3.63, 3.8) is 0 Å². The summed E-state index contributed by atoms with van der Waals surface area (Å²) in [4.78, 5) is 49.1. The number of para-hydroxylation sites is 1. The molecular formula is C30H37NO7. The van der Waals surface area contributed by atoms with Crippen LogP contribution in [0.3, 0.4) is 0 Å². The summed E-state index contributed by atoms with van der Waals surface area (Å²) in [5, 5.41) is 11.8. The number of benzene rings is 1. The van der Waals surface area contributed by atoms with E-state index in [1.807, 2.05) is 0 Å². The Morgan fingerprint density at radius 1 is 1.05 bits per heavy atom. The molecule has 0 saturated heterocycles. The summed E-state index contributed by atoms with van der Waals surface area (Å²) < 4.78 is 11.2. The van der Waals surface area contributed by atoms with Crippen molar-refractivity contribution >= 4 is 23.4 Å². The van der Waals surface area contributed by atoms with Crippen LogP contribution >= 0.6 is 0 Å². The molecule has 3 fully saturated rings. The molecule has 1 aromatic rings. The molecule has 8 nitrogen and oxygen atoms in total. The van der Waals surface area contributed by atoms with E-state index in [4.69, 9.17) is 9.47 Å². The largest absolute Gasteiger partial charge is 0.462 e. The van der Waals surface area contributed by atoms with Crippen LogP contribution in [0.15, 0.2) is 35.9 Å². The smallest absolute Gasteiger partial charge is 0.303 e. The highest BCUT2D eigenvalue weighted by molar-refractivity contribution is 5.90. The monoisotopic (exact) mass is 523 g/mol. The molecule has 4 aliphatic carbocycles. The molecule has 0 aromatic heterocycles. The van der Waals surface area contributed by atoms with E-state index in [9.17, 15) is 24.5 Å². The fourth-order valence-electron chi connectivity index (χ4n) is 8.52. The van der Waals surface area contributed by atoms with Crippen molar-refractivity contribution in [1.82, 2.24) is 0 Å². The van der Waals surface area contributed by atoms with Crippen molar-refractivity contribution in [3.8, 4) is 0 Å². The fourth-order valence-corrected chi connectivity index (χ4v) is 8.52. The number of ether oxygens (including phenoxy) is 2. The zero-order valence-corrected chi connectivity index (χ0v) is 22.6. The van der Waals surface area contributed by atoms with Gasteiger partial charge in [-0.15, -0.1) is 0 Å². The first kappa shape index (κ1) is 26.6. The van der Waals surface area contributed by atoms with Gasteiger partial charge in [-0.2, -0.15) is 0 Å². The summed E-state index contributed by atoms with van der Waals surface area (Å²) >= 11 is 0. The second-order valence-corrected chi connectivity index (χ2v) is 12.2. The first-order valence-corrected chi connectivity index (χ1v) is 13.8. The van der Waals surface area contributed by atoms with E-state index < -0.39 is 28.3 Å². The normalized spacial score (nSPS) is 36.7. The van der Waals surface area contributed by atoms with Crippen molar-refractivity contribution in [1.29, 1.82) is 0 Å². The minimum Gasteiger partial charge on any atom is -0.462 e. The first-order chi connectivity index (χ1) is 18.0. The number of nitro benzene ring substituents is 1. The number of carbonyl (C=O) groups excluding carboxylic acids is 3. The summed E-state index contributed by atoms with van der Waals surface area (Å²) in [6, 6.07) is 6.27. The van der Waals surface area contributed by atoms with Crippen LogP contribution in [0, 0.1) is 44.6 Å². The van der Waals surface area contributed by atoms with Crippen LogP contribution in [0.4, 0.5) is 5.69 Å². The number of hydrogen-bond donors (Lipinski definition) is 0. The number of fused-ring (bicyclic) bond motifs is 5. The molecule has 0 spiro atoms. The summed E-state index contributed by atoms with van der Waals surface area (Å²) in [6.07, 6.45) is 6.95. The summed E-state index contributed by atoms with van der Waals surface area (Å²) in [6.45, 7) is 7.14. The molecule has 0 amide bonds. The van der Waals surface area contributed by atoms with Gasteiger partial charge in [0.15, 0.2) is 0 Å². The maximum atomic E-state index is 14.1. The highest BCUT2D eigenvalue weighted by Crippen LogP contribution is 2.66. The van der Waals surface area contributed by atoms with Gasteiger partial charge >= 0.3 is 11.9 Å². The van der Waals surface area contributed by atoms with E-state index >= 15 is 0 Å². The quantitative estimate of drug-likeness (QED) is 0.205.